The Bertz CT molecular complexity index is 531. The molecule has 0 heterocycles. The van der Waals surface area contributed by atoms with Crippen LogP contribution in [0.25, 0.3) is 10.8 Å². The van der Waals surface area contributed by atoms with Gasteiger partial charge in [0.2, 0.25) is 0 Å². The minimum atomic E-state index is 0.292. The lowest BCUT2D eigenvalue weighted by Crippen LogP contribution is -2.31. The van der Waals surface area contributed by atoms with Crippen molar-refractivity contribution in [3.8, 4) is 0 Å². The van der Waals surface area contributed by atoms with Gasteiger partial charge in [0, 0.05) is 6.04 Å². The number of rotatable bonds is 4. The van der Waals surface area contributed by atoms with Crippen molar-refractivity contribution in [1.82, 2.24) is 5.43 Å². The van der Waals surface area contributed by atoms with Gasteiger partial charge in [-0.2, -0.15) is 0 Å². The summed E-state index contributed by atoms with van der Waals surface area (Å²) in [5, 5.41) is 2.59. The Labute approximate surface area is 108 Å². The van der Waals surface area contributed by atoms with Crippen LogP contribution in [0.2, 0.25) is 0 Å². The van der Waals surface area contributed by atoms with Crippen LogP contribution in [0.5, 0.6) is 0 Å². The van der Waals surface area contributed by atoms with E-state index in [1.807, 2.05) is 0 Å². The molecule has 1 atom stereocenters. The molecule has 2 aromatic rings. The van der Waals surface area contributed by atoms with Crippen LogP contribution in [-0.4, -0.2) is 0 Å². The highest BCUT2D eigenvalue weighted by Crippen LogP contribution is 2.35. The van der Waals surface area contributed by atoms with E-state index in [1.165, 1.54) is 35.6 Å². The van der Waals surface area contributed by atoms with E-state index >= 15 is 0 Å². The smallest absolute Gasteiger partial charge is 0.0462 e. The first-order valence-electron chi connectivity index (χ1n) is 6.81. The van der Waals surface area contributed by atoms with Crippen LogP contribution in [0.3, 0.4) is 0 Å². The summed E-state index contributed by atoms with van der Waals surface area (Å²) in [5.41, 5.74) is 4.29. The molecule has 0 aromatic heterocycles. The molecule has 0 amide bonds. The van der Waals surface area contributed by atoms with Crippen LogP contribution < -0.4 is 11.3 Å². The van der Waals surface area contributed by atoms with E-state index in [2.05, 4.69) is 47.9 Å². The fourth-order valence-corrected chi connectivity index (χ4v) is 2.79. The molecule has 2 heteroatoms. The monoisotopic (exact) mass is 240 g/mol. The van der Waals surface area contributed by atoms with Gasteiger partial charge in [0.05, 0.1) is 0 Å². The first kappa shape index (κ1) is 11.7. The molecule has 1 fully saturated rings. The third-order valence-electron chi connectivity index (χ3n) is 4.17. The van der Waals surface area contributed by atoms with E-state index in [0.29, 0.717) is 6.04 Å². The van der Waals surface area contributed by atoms with Crippen molar-refractivity contribution in [3.05, 3.63) is 48.0 Å². The second-order valence-corrected chi connectivity index (χ2v) is 5.36. The highest BCUT2D eigenvalue weighted by molar-refractivity contribution is 5.83. The van der Waals surface area contributed by atoms with Gasteiger partial charge in [-0.05, 0) is 34.7 Å². The van der Waals surface area contributed by atoms with E-state index in [0.717, 1.165) is 12.3 Å². The zero-order valence-electron chi connectivity index (χ0n) is 10.6. The summed E-state index contributed by atoms with van der Waals surface area (Å²) in [4.78, 5) is 0. The summed E-state index contributed by atoms with van der Waals surface area (Å²) < 4.78 is 0. The number of nitrogens with two attached hydrogens (primary N) is 1. The van der Waals surface area contributed by atoms with Crippen LogP contribution >= 0.6 is 0 Å². The van der Waals surface area contributed by atoms with Crippen molar-refractivity contribution in [2.24, 2.45) is 11.8 Å². The molecule has 2 nitrogen and oxygen atoms in total. The van der Waals surface area contributed by atoms with Gasteiger partial charge < -0.3 is 0 Å². The van der Waals surface area contributed by atoms with Gasteiger partial charge in [-0.15, -0.1) is 0 Å². The molecule has 1 unspecified atom stereocenters. The molecule has 0 saturated heterocycles. The molecule has 3 rings (SSSR count). The Morgan fingerprint density at radius 1 is 1.11 bits per heavy atom. The zero-order chi connectivity index (χ0) is 12.4. The maximum absolute atomic E-state index is 5.73. The summed E-state index contributed by atoms with van der Waals surface area (Å²) >= 11 is 0. The van der Waals surface area contributed by atoms with Gasteiger partial charge in [0.15, 0.2) is 0 Å². The number of hydrogen-bond acceptors (Lipinski definition) is 2. The zero-order valence-corrected chi connectivity index (χ0v) is 10.6. The van der Waals surface area contributed by atoms with Crippen LogP contribution in [-0.2, 0) is 0 Å². The van der Waals surface area contributed by atoms with Crippen molar-refractivity contribution in [2.75, 3.05) is 0 Å². The Hall–Kier alpha value is -1.38. The van der Waals surface area contributed by atoms with E-state index in [4.69, 9.17) is 5.84 Å². The molecule has 0 spiro atoms. The molecular weight excluding hydrogens is 220 g/mol. The highest BCUT2D eigenvalue weighted by atomic mass is 15.2. The number of nitrogens with one attached hydrogen (secondary N) is 1. The highest BCUT2D eigenvalue weighted by Gasteiger charge is 2.22. The molecular formula is C16H20N2. The van der Waals surface area contributed by atoms with Gasteiger partial charge in [-0.3, -0.25) is 11.3 Å². The standard InChI is InChI=1S/C16H20N2/c17-18-16(10-12-4-3-5-12)15-9-8-13-6-1-2-7-14(13)11-15/h1-2,6-9,11-12,16,18H,3-5,10,17H2. The van der Waals surface area contributed by atoms with Crippen LogP contribution in [0, 0.1) is 5.92 Å². The van der Waals surface area contributed by atoms with Crippen molar-refractivity contribution in [2.45, 2.75) is 31.7 Å². The summed E-state index contributed by atoms with van der Waals surface area (Å²) in [6.45, 7) is 0. The number of hydrazine groups is 1. The normalized spacial score (nSPS) is 17.6. The third kappa shape index (κ3) is 2.26. The predicted octanol–water partition coefficient (Wildman–Crippen LogP) is 3.53. The fraction of sp³-hybridized carbons (Fsp3) is 0.375. The fourth-order valence-electron chi connectivity index (χ4n) is 2.79. The molecule has 0 bridgehead atoms. The largest absolute Gasteiger partial charge is 0.271 e. The summed E-state index contributed by atoms with van der Waals surface area (Å²) in [6, 6.07) is 15.4. The van der Waals surface area contributed by atoms with E-state index in [1.54, 1.807) is 0 Å². The molecule has 18 heavy (non-hydrogen) atoms. The maximum Gasteiger partial charge on any atom is 0.0462 e. The van der Waals surface area contributed by atoms with Crippen molar-refractivity contribution >= 4 is 10.8 Å². The van der Waals surface area contributed by atoms with Gasteiger partial charge in [0.1, 0.15) is 0 Å². The van der Waals surface area contributed by atoms with Gasteiger partial charge in [-0.1, -0.05) is 55.7 Å². The quantitative estimate of drug-likeness (QED) is 0.633. The second-order valence-electron chi connectivity index (χ2n) is 5.36. The molecule has 0 aliphatic heterocycles. The molecule has 1 aliphatic carbocycles. The molecule has 94 valence electrons. The lowest BCUT2D eigenvalue weighted by atomic mass is 9.79. The predicted molar refractivity (Wildman–Crippen MR) is 76.0 cm³/mol. The van der Waals surface area contributed by atoms with E-state index in [9.17, 15) is 0 Å². The molecule has 3 N–H and O–H groups in total. The number of hydrogen-bond donors (Lipinski definition) is 2. The molecule has 0 radical (unpaired) electrons. The molecule has 1 aliphatic rings. The van der Waals surface area contributed by atoms with Crippen LogP contribution in [0.4, 0.5) is 0 Å². The minimum Gasteiger partial charge on any atom is -0.271 e. The van der Waals surface area contributed by atoms with Crippen molar-refractivity contribution in [1.29, 1.82) is 0 Å². The van der Waals surface area contributed by atoms with Gasteiger partial charge in [0.25, 0.3) is 0 Å². The number of fused-ring (bicyclic) bond motifs is 1. The van der Waals surface area contributed by atoms with Crippen molar-refractivity contribution in [3.63, 3.8) is 0 Å². The molecule has 1 saturated carbocycles. The SMILES string of the molecule is NNC(CC1CCC1)c1ccc2ccccc2c1. The van der Waals surface area contributed by atoms with Crippen LogP contribution in [0.1, 0.15) is 37.3 Å². The Balaban J connectivity index is 1.86. The minimum absolute atomic E-state index is 0.292. The van der Waals surface area contributed by atoms with Crippen LogP contribution in [0.15, 0.2) is 42.5 Å². The first-order chi connectivity index (χ1) is 8.86. The Morgan fingerprint density at radius 3 is 2.56 bits per heavy atom. The third-order valence-corrected chi connectivity index (χ3v) is 4.17. The van der Waals surface area contributed by atoms with Gasteiger partial charge in [-0.25, -0.2) is 0 Å². The summed E-state index contributed by atoms with van der Waals surface area (Å²) in [5.74, 6) is 6.58. The summed E-state index contributed by atoms with van der Waals surface area (Å²) in [7, 11) is 0. The Morgan fingerprint density at radius 2 is 1.89 bits per heavy atom. The maximum atomic E-state index is 5.73. The topological polar surface area (TPSA) is 38.0 Å². The van der Waals surface area contributed by atoms with E-state index in [-0.39, 0.29) is 0 Å². The average Bonchev–Trinajstić information content (AvgIpc) is 2.37. The lowest BCUT2D eigenvalue weighted by molar-refractivity contribution is 0.262. The van der Waals surface area contributed by atoms with E-state index < -0.39 is 0 Å². The van der Waals surface area contributed by atoms with Gasteiger partial charge >= 0.3 is 0 Å². The lowest BCUT2D eigenvalue weighted by Gasteiger charge is -2.29. The second kappa shape index (κ2) is 5.09. The average molecular weight is 240 g/mol. The number of benzene rings is 2. The first-order valence-corrected chi connectivity index (χ1v) is 6.81. The van der Waals surface area contributed by atoms with Crippen molar-refractivity contribution < 1.29 is 0 Å². The molecule has 2 aromatic carbocycles. The summed E-state index contributed by atoms with van der Waals surface area (Å²) in [6.07, 6.45) is 5.28. The Kier molecular flexibility index (Phi) is 3.31.